The second-order valence-electron chi connectivity index (χ2n) is 10.2. The molecule has 0 aliphatic rings. The van der Waals surface area contributed by atoms with Crippen LogP contribution in [0.2, 0.25) is 0 Å². The van der Waals surface area contributed by atoms with E-state index in [-0.39, 0.29) is 11.1 Å². The standard InChI is InChI=1S/C34H27F4NO3S2/c1-20-17-28(15-16-29(20)42-19-31(40)41)43-30(18-22-3-5-23(6-4-22)24-9-13-27(35)14-10-24)32-21(2)39-33(44-32)25-7-11-26(12-8-25)34(36,37)38/h3-17,30H,18-19H2,1-2H3,(H,40,41). The van der Waals surface area contributed by atoms with E-state index in [1.54, 1.807) is 30.0 Å². The van der Waals surface area contributed by atoms with Gasteiger partial charge in [0.1, 0.15) is 16.6 Å². The Morgan fingerprint density at radius 1 is 0.909 bits per heavy atom. The summed E-state index contributed by atoms with van der Waals surface area (Å²) in [6.45, 7) is 3.32. The van der Waals surface area contributed by atoms with E-state index in [1.807, 2.05) is 50.2 Å². The van der Waals surface area contributed by atoms with Gasteiger partial charge in [-0.3, -0.25) is 0 Å². The number of nitrogens with zero attached hydrogens (tertiary/aromatic N) is 1. The first-order chi connectivity index (χ1) is 21.0. The number of halogens is 4. The molecule has 226 valence electrons. The molecule has 1 N–H and O–H groups in total. The van der Waals surface area contributed by atoms with Crippen molar-refractivity contribution in [1.82, 2.24) is 4.98 Å². The van der Waals surface area contributed by atoms with Crippen LogP contribution in [0.3, 0.4) is 0 Å². The van der Waals surface area contributed by atoms with Gasteiger partial charge in [0.2, 0.25) is 0 Å². The third kappa shape index (κ3) is 7.67. The molecule has 0 radical (unpaired) electrons. The van der Waals surface area contributed by atoms with Gasteiger partial charge in [0.25, 0.3) is 0 Å². The molecule has 1 aromatic heterocycles. The molecule has 1 heterocycles. The number of hydrogen-bond donors (Lipinski definition) is 1. The zero-order valence-electron chi connectivity index (χ0n) is 23.7. The zero-order valence-corrected chi connectivity index (χ0v) is 25.3. The molecule has 0 amide bonds. The fourth-order valence-corrected chi connectivity index (χ4v) is 7.29. The molecule has 1 atom stereocenters. The number of alkyl halides is 3. The molecule has 0 aliphatic heterocycles. The Morgan fingerprint density at radius 2 is 1.52 bits per heavy atom. The highest BCUT2D eigenvalue weighted by atomic mass is 32.2. The van der Waals surface area contributed by atoms with E-state index in [0.717, 1.165) is 49.9 Å². The van der Waals surface area contributed by atoms with Gasteiger partial charge in [0.15, 0.2) is 6.61 Å². The highest BCUT2D eigenvalue weighted by molar-refractivity contribution is 7.99. The van der Waals surface area contributed by atoms with E-state index in [4.69, 9.17) is 14.8 Å². The number of thiazole rings is 1. The SMILES string of the molecule is Cc1cc(SC(Cc2ccc(-c3ccc(F)cc3)cc2)c2sc(-c3ccc(C(F)(F)F)cc3)nc2C)ccc1OCC(=O)O. The van der Waals surface area contributed by atoms with Crippen molar-refractivity contribution in [3.63, 3.8) is 0 Å². The average Bonchev–Trinajstić information content (AvgIpc) is 3.38. The van der Waals surface area contributed by atoms with Crippen molar-refractivity contribution in [2.45, 2.75) is 36.6 Å². The van der Waals surface area contributed by atoms with Crippen LogP contribution in [0.4, 0.5) is 17.6 Å². The van der Waals surface area contributed by atoms with Gasteiger partial charge in [0.05, 0.1) is 11.3 Å². The Hall–Kier alpha value is -4.15. The van der Waals surface area contributed by atoms with Gasteiger partial charge in [-0.05, 0) is 85.0 Å². The summed E-state index contributed by atoms with van der Waals surface area (Å²) in [5, 5.41) is 9.51. The Kier molecular flexibility index (Phi) is 9.41. The van der Waals surface area contributed by atoms with Crippen molar-refractivity contribution in [2.24, 2.45) is 0 Å². The maximum Gasteiger partial charge on any atom is 0.416 e. The Balaban J connectivity index is 1.44. The number of aliphatic carboxylic acids is 1. The van der Waals surface area contributed by atoms with Crippen LogP contribution < -0.4 is 4.74 Å². The third-order valence-electron chi connectivity index (χ3n) is 6.91. The number of ether oxygens (including phenoxy) is 1. The summed E-state index contributed by atoms with van der Waals surface area (Å²) in [5.41, 5.74) is 4.43. The molecule has 0 saturated carbocycles. The van der Waals surface area contributed by atoms with Crippen molar-refractivity contribution < 1.29 is 32.2 Å². The largest absolute Gasteiger partial charge is 0.482 e. The summed E-state index contributed by atoms with van der Waals surface area (Å²) >= 11 is 3.08. The molecule has 0 spiro atoms. The van der Waals surface area contributed by atoms with E-state index in [1.165, 1.54) is 35.6 Å². The number of rotatable bonds is 10. The number of aryl methyl sites for hydroxylation is 2. The van der Waals surface area contributed by atoms with Crippen LogP contribution in [0.5, 0.6) is 5.75 Å². The molecule has 0 fully saturated rings. The van der Waals surface area contributed by atoms with Crippen LogP contribution in [0.15, 0.2) is 95.9 Å². The Morgan fingerprint density at radius 3 is 2.11 bits per heavy atom. The summed E-state index contributed by atoms with van der Waals surface area (Å²) in [4.78, 5) is 17.6. The number of aromatic nitrogens is 1. The van der Waals surface area contributed by atoms with Crippen molar-refractivity contribution in [2.75, 3.05) is 6.61 Å². The van der Waals surface area contributed by atoms with Gasteiger partial charge in [-0.2, -0.15) is 13.2 Å². The van der Waals surface area contributed by atoms with E-state index in [0.29, 0.717) is 22.7 Å². The number of benzene rings is 4. The predicted octanol–water partition coefficient (Wildman–Crippen LogP) is 9.79. The molecular formula is C34H27F4NO3S2. The summed E-state index contributed by atoms with van der Waals surface area (Å²) in [5.74, 6) is -0.862. The molecule has 1 unspecified atom stereocenters. The molecular weight excluding hydrogens is 611 g/mol. The van der Waals surface area contributed by atoms with Crippen LogP contribution in [-0.4, -0.2) is 22.7 Å². The second-order valence-corrected chi connectivity index (χ2v) is 12.5. The minimum Gasteiger partial charge on any atom is -0.482 e. The van der Waals surface area contributed by atoms with Gasteiger partial charge in [-0.15, -0.1) is 23.1 Å². The molecule has 4 aromatic carbocycles. The maximum atomic E-state index is 13.4. The van der Waals surface area contributed by atoms with Gasteiger partial charge in [-0.1, -0.05) is 48.5 Å². The number of hydrogen-bond acceptors (Lipinski definition) is 5. The molecule has 0 bridgehead atoms. The molecule has 5 rings (SSSR count). The molecule has 10 heteroatoms. The number of carboxylic acid groups (broad SMARTS) is 1. The number of carbonyl (C=O) groups is 1. The smallest absolute Gasteiger partial charge is 0.416 e. The first kappa shape index (κ1) is 31.3. The lowest BCUT2D eigenvalue weighted by Gasteiger charge is -2.18. The summed E-state index contributed by atoms with van der Waals surface area (Å²) in [6, 6.07) is 25.0. The van der Waals surface area contributed by atoms with Crippen molar-refractivity contribution in [3.05, 3.63) is 124 Å². The first-order valence-electron chi connectivity index (χ1n) is 13.6. The highest BCUT2D eigenvalue weighted by Gasteiger charge is 2.30. The molecule has 44 heavy (non-hydrogen) atoms. The van der Waals surface area contributed by atoms with E-state index in [2.05, 4.69) is 0 Å². The second kappa shape index (κ2) is 13.2. The number of carboxylic acids is 1. The summed E-state index contributed by atoms with van der Waals surface area (Å²) in [6.07, 6.45) is -3.77. The van der Waals surface area contributed by atoms with Gasteiger partial charge in [-0.25, -0.2) is 14.2 Å². The molecule has 4 nitrogen and oxygen atoms in total. The Labute approximate surface area is 260 Å². The average molecular weight is 638 g/mol. The lowest BCUT2D eigenvalue weighted by molar-refractivity contribution is -0.139. The van der Waals surface area contributed by atoms with Gasteiger partial charge in [0, 0.05) is 20.6 Å². The van der Waals surface area contributed by atoms with Crippen LogP contribution >= 0.6 is 23.1 Å². The third-order valence-corrected chi connectivity index (χ3v) is 9.59. The minimum absolute atomic E-state index is 0.0856. The highest BCUT2D eigenvalue weighted by Crippen LogP contribution is 2.44. The normalized spacial score (nSPS) is 12.2. The fraction of sp³-hybridized carbons (Fsp3) is 0.176. The van der Waals surface area contributed by atoms with Crippen molar-refractivity contribution >= 4 is 29.1 Å². The number of thioether (sulfide) groups is 1. The lowest BCUT2D eigenvalue weighted by Crippen LogP contribution is -2.10. The first-order valence-corrected chi connectivity index (χ1v) is 15.3. The predicted molar refractivity (Wildman–Crippen MR) is 166 cm³/mol. The van der Waals surface area contributed by atoms with Crippen molar-refractivity contribution in [1.29, 1.82) is 0 Å². The molecule has 0 aliphatic carbocycles. The topological polar surface area (TPSA) is 59.4 Å². The fourth-order valence-electron chi connectivity index (χ4n) is 4.67. The zero-order chi connectivity index (χ0) is 31.4. The van der Waals surface area contributed by atoms with Crippen LogP contribution in [0, 0.1) is 19.7 Å². The quantitative estimate of drug-likeness (QED) is 0.122. The van der Waals surface area contributed by atoms with Gasteiger partial charge >= 0.3 is 12.1 Å². The summed E-state index contributed by atoms with van der Waals surface area (Å²) in [7, 11) is 0. The Bertz CT molecular complexity index is 1750. The minimum atomic E-state index is -4.41. The van der Waals surface area contributed by atoms with Crippen LogP contribution in [-0.2, 0) is 17.4 Å². The maximum absolute atomic E-state index is 13.4. The van der Waals surface area contributed by atoms with E-state index < -0.39 is 24.3 Å². The van der Waals surface area contributed by atoms with E-state index in [9.17, 15) is 22.4 Å². The van der Waals surface area contributed by atoms with E-state index >= 15 is 0 Å². The molecule has 0 saturated heterocycles. The monoisotopic (exact) mass is 637 g/mol. The summed E-state index contributed by atoms with van der Waals surface area (Å²) < 4.78 is 58.1. The van der Waals surface area contributed by atoms with Crippen molar-refractivity contribution in [3.8, 4) is 27.4 Å². The lowest BCUT2D eigenvalue weighted by atomic mass is 10.0. The van der Waals surface area contributed by atoms with Crippen LogP contribution in [0.25, 0.3) is 21.7 Å². The van der Waals surface area contributed by atoms with Gasteiger partial charge < -0.3 is 9.84 Å². The van der Waals surface area contributed by atoms with Crippen LogP contribution in [0.1, 0.15) is 32.5 Å². The molecule has 5 aromatic rings.